The number of halogens is 2. The number of carbonyl (C=O) groups is 2. The lowest BCUT2D eigenvalue weighted by atomic mass is 10.1. The lowest BCUT2D eigenvalue weighted by molar-refractivity contribution is -0.116. The summed E-state index contributed by atoms with van der Waals surface area (Å²) in [6.07, 6.45) is 0. The van der Waals surface area contributed by atoms with Gasteiger partial charge in [-0.2, -0.15) is 0 Å². The number of nitrogens with zero attached hydrogens (tertiary/aromatic N) is 1. The number of anilines is 1. The first-order chi connectivity index (χ1) is 13.0. The zero-order valence-electron chi connectivity index (χ0n) is 14.6. The average Bonchev–Trinajstić information content (AvgIpc) is 2.65. The Labute approximate surface area is 154 Å². The van der Waals surface area contributed by atoms with Crippen molar-refractivity contribution < 1.29 is 27.8 Å². The Balaban J connectivity index is 1.67. The highest BCUT2D eigenvalue weighted by molar-refractivity contribution is 5.99. The molecular formula is C19H18F2N2O4. The van der Waals surface area contributed by atoms with Crippen LogP contribution in [0.3, 0.4) is 0 Å². The van der Waals surface area contributed by atoms with Crippen LogP contribution in [0.5, 0.6) is 11.5 Å². The molecular weight excluding hydrogens is 358 g/mol. The largest absolute Gasteiger partial charge is 0.486 e. The molecule has 3 rings (SSSR count). The summed E-state index contributed by atoms with van der Waals surface area (Å²) in [7, 11) is 0. The molecule has 0 aromatic heterocycles. The van der Waals surface area contributed by atoms with E-state index in [1.54, 1.807) is 25.1 Å². The Bertz CT molecular complexity index is 873. The van der Waals surface area contributed by atoms with Gasteiger partial charge < -0.3 is 19.7 Å². The summed E-state index contributed by atoms with van der Waals surface area (Å²) in [6, 6.07) is 7.66. The summed E-state index contributed by atoms with van der Waals surface area (Å²) in [4.78, 5) is 25.9. The highest BCUT2D eigenvalue weighted by atomic mass is 19.1. The molecule has 142 valence electrons. The number of rotatable bonds is 5. The second kappa shape index (κ2) is 8.03. The minimum atomic E-state index is -0.967. The Morgan fingerprint density at radius 2 is 1.81 bits per heavy atom. The van der Waals surface area contributed by atoms with Gasteiger partial charge in [0.1, 0.15) is 31.4 Å². The standard InChI is InChI=1S/C19H18F2N2O4/c1-2-23(19(25)14-5-3-12(20)9-15(14)21)11-18(24)22-13-4-6-16-17(10-13)27-8-7-26-16/h3-6,9-10H,2,7-8,11H2,1H3,(H,22,24). The van der Waals surface area contributed by atoms with E-state index in [0.29, 0.717) is 36.5 Å². The van der Waals surface area contributed by atoms with Crippen LogP contribution in [-0.2, 0) is 4.79 Å². The van der Waals surface area contributed by atoms with Gasteiger partial charge in [-0.3, -0.25) is 9.59 Å². The molecule has 1 aliphatic heterocycles. The fraction of sp³-hybridized carbons (Fsp3) is 0.263. The van der Waals surface area contributed by atoms with Gasteiger partial charge in [-0.25, -0.2) is 8.78 Å². The molecule has 1 N–H and O–H groups in total. The molecule has 1 heterocycles. The maximum Gasteiger partial charge on any atom is 0.257 e. The van der Waals surface area contributed by atoms with E-state index >= 15 is 0 Å². The number of fused-ring (bicyclic) bond motifs is 1. The van der Waals surface area contributed by atoms with Gasteiger partial charge in [-0.05, 0) is 31.2 Å². The molecule has 0 fully saturated rings. The van der Waals surface area contributed by atoms with Crippen molar-refractivity contribution in [1.82, 2.24) is 4.90 Å². The molecule has 0 saturated heterocycles. The van der Waals surface area contributed by atoms with Crippen molar-refractivity contribution >= 4 is 17.5 Å². The van der Waals surface area contributed by atoms with Crippen molar-refractivity contribution in [2.45, 2.75) is 6.92 Å². The lowest BCUT2D eigenvalue weighted by Gasteiger charge is -2.21. The fourth-order valence-corrected chi connectivity index (χ4v) is 2.66. The number of hydrogen-bond donors (Lipinski definition) is 1. The van der Waals surface area contributed by atoms with Crippen LogP contribution in [0.25, 0.3) is 0 Å². The zero-order valence-corrected chi connectivity index (χ0v) is 14.6. The molecule has 0 radical (unpaired) electrons. The molecule has 27 heavy (non-hydrogen) atoms. The van der Waals surface area contributed by atoms with Gasteiger partial charge >= 0.3 is 0 Å². The van der Waals surface area contributed by atoms with Crippen molar-refractivity contribution in [3.63, 3.8) is 0 Å². The van der Waals surface area contributed by atoms with Crippen LogP contribution in [0, 0.1) is 11.6 Å². The Morgan fingerprint density at radius 1 is 1.07 bits per heavy atom. The molecule has 0 aliphatic carbocycles. The Kier molecular flexibility index (Phi) is 5.54. The zero-order chi connectivity index (χ0) is 19.4. The van der Waals surface area contributed by atoms with E-state index in [4.69, 9.17) is 9.47 Å². The summed E-state index contributed by atoms with van der Waals surface area (Å²) in [6.45, 7) is 2.46. The molecule has 2 aromatic rings. The van der Waals surface area contributed by atoms with E-state index in [-0.39, 0.29) is 18.7 Å². The third kappa shape index (κ3) is 4.33. The van der Waals surface area contributed by atoms with Gasteiger partial charge in [0.2, 0.25) is 5.91 Å². The minimum Gasteiger partial charge on any atom is -0.486 e. The van der Waals surface area contributed by atoms with Gasteiger partial charge in [-0.1, -0.05) is 0 Å². The number of benzene rings is 2. The molecule has 0 saturated carbocycles. The summed E-state index contributed by atoms with van der Waals surface area (Å²) in [5, 5.41) is 2.66. The molecule has 0 unspecified atom stereocenters. The topological polar surface area (TPSA) is 67.9 Å². The van der Waals surface area contributed by atoms with Crippen LogP contribution in [0.15, 0.2) is 36.4 Å². The summed E-state index contributed by atoms with van der Waals surface area (Å²) < 4.78 is 37.7. The Hall–Kier alpha value is -3.16. The van der Waals surface area contributed by atoms with Crippen LogP contribution < -0.4 is 14.8 Å². The van der Waals surface area contributed by atoms with Gasteiger partial charge in [0.15, 0.2) is 11.5 Å². The van der Waals surface area contributed by atoms with E-state index in [2.05, 4.69) is 5.32 Å². The highest BCUT2D eigenvalue weighted by Gasteiger charge is 2.21. The first kappa shape index (κ1) is 18.6. The summed E-state index contributed by atoms with van der Waals surface area (Å²) in [5.74, 6) is -1.77. The molecule has 6 nitrogen and oxygen atoms in total. The van der Waals surface area contributed by atoms with E-state index in [1.165, 1.54) is 4.90 Å². The second-order valence-electron chi connectivity index (χ2n) is 5.85. The number of amides is 2. The predicted molar refractivity (Wildman–Crippen MR) is 94.0 cm³/mol. The first-order valence-corrected chi connectivity index (χ1v) is 8.41. The third-order valence-corrected chi connectivity index (χ3v) is 3.99. The van der Waals surface area contributed by atoms with Gasteiger partial charge in [0, 0.05) is 24.4 Å². The van der Waals surface area contributed by atoms with Gasteiger partial charge in [0.25, 0.3) is 5.91 Å². The Morgan fingerprint density at radius 3 is 2.52 bits per heavy atom. The van der Waals surface area contributed by atoms with Crippen LogP contribution in [0.4, 0.5) is 14.5 Å². The second-order valence-corrected chi connectivity index (χ2v) is 5.85. The molecule has 2 aromatic carbocycles. The van der Waals surface area contributed by atoms with E-state index < -0.39 is 23.4 Å². The smallest absolute Gasteiger partial charge is 0.257 e. The minimum absolute atomic E-state index is 0.185. The maximum absolute atomic E-state index is 13.8. The monoisotopic (exact) mass is 376 g/mol. The number of hydrogen-bond acceptors (Lipinski definition) is 4. The van der Waals surface area contributed by atoms with Gasteiger partial charge in [-0.15, -0.1) is 0 Å². The fourth-order valence-electron chi connectivity index (χ4n) is 2.66. The van der Waals surface area contributed by atoms with Crippen molar-refractivity contribution in [2.75, 3.05) is 31.6 Å². The quantitative estimate of drug-likeness (QED) is 0.871. The molecule has 0 atom stereocenters. The van der Waals surface area contributed by atoms with E-state index in [1.807, 2.05) is 0 Å². The van der Waals surface area contributed by atoms with Crippen LogP contribution >= 0.6 is 0 Å². The highest BCUT2D eigenvalue weighted by Crippen LogP contribution is 2.32. The van der Waals surface area contributed by atoms with Crippen molar-refractivity contribution in [1.29, 1.82) is 0 Å². The predicted octanol–water partition coefficient (Wildman–Crippen LogP) is 2.84. The lowest BCUT2D eigenvalue weighted by Crippen LogP contribution is -2.38. The SMILES string of the molecule is CCN(CC(=O)Nc1ccc2c(c1)OCCO2)C(=O)c1ccc(F)cc1F. The van der Waals surface area contributed by atoms with Crippen LogP contribution in [0.2, 0.25) is 0 Å². The molecule has 0 bridgehead atoms. The first-order valence-electron chi connectivity index (χ1n) is 8.41. The third-order valence-electron chi connectivity index (χ3n) is 3.99. The number of ether oxygens (including phenoxy) is 2. The van der Waals surface area contributed by atoms with Crippen molar-refractivity contribution in [2.24, 2.45) is 0 Å². The number of likely N-dealkylation sites (N-methyl/N-ethyl adjacent to an activating group) is 1. The number of nitrogens with one attached hydrogen (secondary N) is 1. The number of carbonyl (C=O) groups excluding carboxylic acids is 2. The maximum atomic E-state index is 13.8. The van der Waals surface area contributed by atoms with Gasteiger partial charge in [0.05, 0.1) is 5.56 Å². The van der Waals surface area contributed by atoms with E-state index in [9.17, 15) is 18.4 Å². The molecule has 1 aliphatic rings. The van der Waals surface area contributed by atoms with Crippen LogP contribution in [-0.4, -0.2) is 43.0 Å². The van der Waals surface area contributed by atoms with Crippen molar-refractivity contribution in [3.05, 3.63) is 53.6 Å². The normalized spacial score (nSPS) is 12.4. The van der Waals surface area contributed by atoms with Crippen molar-refractivity contribution in [3.8, 4) is 11.5 Å². The molecule has 2 amide bonds. The summed E-state index contributed by atoms with van der Waals surface area (Å²) >= 11 is 0. The molecule has 8 heteroatoms. The van der Waals surface area contributed by atoms with Crippen LogP contribution in [0.1, 0.15) is 17.3 Å². The van der Waals surface area contributed by atoms with E-state index in [0.717, 1.165) is 12.1 Å². The molecule has 0 spiro atoms. The average molecular weight is 376 g/mol. The summed E-state index contributed by atoms with van der Waals surface area (Å²) in [5.41, 5.74) is 0.200.